The fraction of sp³-hybridized carbons (Fsp3) is 0.357. The van der Waals surface area contributed by atoms with E-state index in [2.05, 4.69) is 4.74 Å². The van der Waals surface area contributed by atoms with Crippen molar-refractivity contribution in [1.82, 2.24) is 0 Å². The lowest BCUT2D eigenvalue weighted by atomic mass is 10.1. The van der Waals surface area contributed by atoms with Crippen molar-refractivity contribution in [2.75, 3.05) is 13.7 Å². The van der Waals surface area contributed by atoms with Gasteiger partial charge in [-0.25, -0.2) is 4.79 Å². The molecule has 0 amide bonds. The molecule has 0 N–H and O–H groups in total. The summed E-state index contributed by atoms with van der Waals surface area (Å²) in [5.41, 5.74) is 2.68. The smallest absolute Gasteiger partial charge is 0.337 e. The molecule has 3 nitrogen and oxygen atoms in total. The van der Waals surface area contributed by atoms with Crippen molar-refractivity contribution in [2.24, 2.45) is 0 Å². The lowest BCUT2D eigenvalue weighted by molar-refractivity contribution is 0.0600. The van der Waals surface area contributed by atoms with E-state index in [4.69, 9.17) is 4.74 Å². The molecule has 0 aliphatic heterocycles. The Morgan fingerprint density at radius 1 is 1.35 bits per heavy atom. The van der Waals surface area contributed by atoms with Crippen LogP contribution in [0, 0.1) is 6.92 Å². The summed E-state index contributed by atoms with van der Waals surface area (Å²) >= 11 is 0. The van der Waals surface area contributed by atoms with Crippen LogP contribution in [0.1, 0.15) is 29.8 Å². The molecule has 0 saturated carbocycles. The maximum atomic E-state index is 11.3. The Kier molecular flexibility index (Phi) is 4.76. The third-order valence-electron chi connectivity index (χ3n) is 2.33. The summed E-state index contributed by atoms with van der Waals surface area (Å²) in [6.07, 6.45) is 2.01. The van der Waals surface area contributed by atoms with Crippen molar-refractivity contribution in [2.45, 2.75) is 20.8 Å². The van der Waals surface area contributed by atoms with Crippen LogP contribution in [-0.2, 0) is 4.74 Å². The number of carbonyl (C=O) groups is 1. The normalized spacial score (nSPS) is 9.65. The number of methoxy groups -OCH3 is 1. The maximum absolute atomic E-state index is 11.3. The average Bonchev–Trinajstić information content (AvgIpc) is 2.29. The number of allylic oxidation sites excluding steroid dienone is 1. The molecule has 0 unspecified atom stereocenters. The summed E-state index contributed by atoms with van der Waals surface area (Å²) < 4.78 is 10.2. The monoisotopic (exact) mass is 234 g/mol. The van der Waals surface area contributed by atoms with E-state index in [9.17, 15) is 4.79 Å². The third-order valence-corrected chi connectivity index (χ3v) is 2.33. The Balaban J connectivity index is 2.76. The molecule has 0 atom stereocenters. The third kappa shape index (κ3) is 3.94. The van der Waals surface area contributed by atoms with Gasteiger partial charge in [0.05, 0.1) is 12.7 Å². The van der Waals surface area contributed by atoms with E-state index in [0.29, 0.717) is 12.2 Å². The molecule has 0 radical (unpaired) electrons. The van der Waals surface area contributed by atoms with E-state index in [1.165, 1.54) is 12.7 Å². The second-order valence-electron chi connectivity index (χ2n) is 4.06. The van der Waals surface area contributed by atoms with Crippen LogP contribution < -0.4 is 4.74 Å². The number of benzene rings is 1. The Morgan fingerprint density at radius 2 is 2.06 bits per heavy atom. The van der Waals surface area contributed by atoms with E-state index in [1.807, 2.05) is 26.8 Å². The summed E-state index contributed by atoms with van der Waals surface area (Å²) in [4.78, 5) is 11.3. The Hall–Kier alpha value is -1.77. The molecular formula is C14H18O3. The summed E-state index contributed by atoms with van der Waals surface area (Å²) in [5, 5.41) is 0. The number of esters is 1. The average molecular weight is 234 g/mol. The largest absolute Gasteiger partial charge is 0.489 e. The minimum atomic E-state index is -0.330. The van der Waals surface area contributed by atoms with Crippen LogP contribution in [0.5, 0.6) is 5.75 Å². The van der Waals surface area contributed by atoms with Gasteiger partial charge in [0.2, 0.25) is 0 Å². The number of aryl methyl sites for hydroxylation is 1. The van der Waals surface area contributed by atoms with Crippen molar-refractivity contribution >= 4 is 5.97 Å². The lowest BCUT2D eigenvalue weighted by Gasteiger charge is -2.08. The SMILES string of the molecule is COC(=O)c1ccc(OCC=C(C)C)c(C)c1. The molecule has 3 heteroatoms. The molecule has 0 aliphatic carbocycles. The molecule has 1 aromatic carbocycles. The molecule has 0 saturated heterocycles. The Labute approximate surface area is 102 Å². The topological polar surface area (TPSA) is 35.5 Å². The first-order valence-corrected chi connectivity index (χ1v) is 5.49. The molecule has 0 aliphatic rings. The number of rotatable bonds is 4. The first kappa shape index (κ1) is 13.3. The number of hydrogen-bond donors (Lipinski definition) is 0. The minimum absolute atomic E-state index is 0.330. The van der Waals surface area contributed by atoms with Crippen LogP contribution in [0.25, 0.3) is 0 Å². The zero-order chi connectivity index (χ0) is 12.8. The van der Waals surface area contributed by atoms with Crippen LogP contribution in [0.15, 0.2) is 29.8 Å². The van der Waals surface area contributed by atoms with Gasteiger partial charge in [0.15, 0.2) is 0 Å². The zero-order valence-electron chi connectivity index (χ0n) is 10.7. The summed E-state index contributed by atoms with van der Waals surface area (Å²) in [6, 6.07) is 5.26. The summed E-state index contributed by atoms with van der Waals surface area (Å²) in [5.74, 6) is 0.458. The minimum Gasteiger partial charge on any atom is -0.489 e. The van der Waals surface area contributed by atoms with Gasteiger partial charge in [0.25, 0.3) is 0 Å². The van der Waals surface area contributed by atoms with E-state index in [1.54, 1.807) is 18.2 Å². The fourth-order valence-electron chi connectivity index (χ4n) is 1.35. The summed E-state index contributed by atoms with van der Waals surface area (Å²) in [6.45, 7) is 6.50. The predicted octanol–water partition coefficient (Wildman–Crippen LogP) is 3.13. The first-order valence-electron chi connectivity index (χ1n) is 5.49. The van der Waals surface area contributed by atoms with Gasteiger partial charge < -0.3 is 9.47 Å². The van der Waals surface area contributed by atoms with Crippen molar-refractivity contribution < 1.29 is 14.3 Å². The van der Waals surface area contributed by atoms with Crippen LogP contribution in [0.4, 0.5) is 0 Å². The molecule has 17 heavy (non-hydrogen) atoms. The standard InChI is InChI=1S/C14H18O3/c1-10(2)7-8-17-13-6-5-12(9-11(13)3)14(15)16-4/h5-7,9H,8H2,1-4H3. The van der Waals surface area contributed by atoms with Gasteiger partial charge in [-0.15, -0.1) is 0 Å². The Bertz CT molecular complexity index is 429. The van der Waals surface area contributed by atoms with E-state index < -0.39 is 0 Å². The first-order chi connectivity index (χ1) is 8.04. The fourth-order valence-corrected chi connectivity index (χ4v) is 1.35. The molecule has 0 aromatic heterocycles. The highest BCUT2D eigenvalue weighted by atomic mass is 16.5. The molecule has 1 aromatic rings. The lowest BCUT2D eigenvalue weighted by Crippen LogP contribution is -2.03. The van der Waals surface area contributed by atoms with Gasteiger partial charge in [0.1, 0.15) is 12.4 Å². The Morgan fingerprint density at radius 3 is 2.59 bits per heavy atom. The quantitative estimate of drug-likeness (QED) is 0.593. The van der Waals surface area contributed by atoms with Crippen LogP contribution in [0.2, 0.25) is 0 Å². The van der Waals surface area contributed by atoms with E-state index in [0.717, 1.165) is 11.3 Å². The second-order valence-corrected chi connectivity index (χ2v) is 4.06. The predicted molar refractivity (Wildman–Crippen MR) is 67.4 cm³/mol. The molecule has 0 bridgehead atoms. The van der Waals surface area contributed by atoms with Crippen molar-refractivity contribution in [3.63, 3.8) is 0 Å². The van der Waals surface area contributed by atoms with Crippen molar-refractivity contribution in [1.29, 1.82) is 0 Å². The van der Waals surface area contributed by atoms with Gasteiger partial charge in [-0.2, -0.15) is 0 Å². The highest BCUT2D eigenvalue weighted by Crippen LogP contribution is 2.19. The van der Waals surface area contributed by atoms with Gasteiger partial charge in [-0.1, -0.05) is 5.57 Å². The molecule has 1 rings (SSSR count). The highest BCUT2D eigenvalue weighted by Gasteiger charge is 2.07. The van der Waals surface area contributed by atoms with Crippen LogP contribution in [0.3, 0.4) is 0 Å². The van der Waals surface area contributed by atoms with E-state index in [-0.39, 0.29) is 5.97 Å². The number of ether oxygens (including phenoxy) is 2. The highest BCUT2D eigenvalue weighted by molar-refractivity contribution is 5.89. The van der Waals surface area contributed by atoms with Crippen molar-refractivity contribution in [3.8, 4) is 5.75 Å². The molecule has 0 heterocycles. The second kappa shape index (κ2) is 6.09. The number of carbonyl (C=O) groups excluding carboxylic acids is 1. The van der Waals surface area contributed by atoms with Crippen molar-refractivity contribution in [3.05, 3.63) is 41.0 Å². The molecule has 0 fully saturated rings. The van der Waals surface area contributed by atoms with Crippen LogP contribution >= 0.6 is 0 Å². The number of hydrogen-bond acceptors (Lipinski definition) is 3. The van der Waals surface area contributed by atoms with Gasteiger partial charge >= 0.3 is 5.97 Å². The molecular weight excluding hydrogens is 216 g/mol. The summed E-state index contributed by atoms with van der Waals surface area (Å²) in [7, 11) is 1.37. The van der Waals surface area contributed by atoms with Gasteiger partial charge in [-0.3, -0.25) is 0 Å². The molecule has 92 valence electrons. The maximum Gasteiger partial charge on any atom is 0.337 e. The van der Waals surface area contributed by atoms with Gasteiger partial charge in [-0.05, 0) is 50.6 Å². The van der Waals surface area contributed by atoms with Gasteiger partial charge in [0, 0.05) is 0 Å². The van der Waals surface area contributed by atoms with E-state index >= 15 is 0 Å². The van der Waals surface area contributed by atoms with Crippen LogP contribution in [-0.4, -0.2) is 19.7 Å². The zero-order valence-corrected chi connectivity index (χ0v) is 10.7. The molecule has 0 spiro atoms.